The summed E-state index contributed by atoms with van der Waals surface area (Å²) in [5.41, 5.74) is -0.196. The van der Waals surface area contributed by atoms with E-state index in [4.69, 9.17) is 4.74 Å². The van der Waals surface area contributed by atoms with Crippen LogP contribution in [0.2, 0.25) is 0 Å². The number of alkyl halides is 3. The predicted octanol–water partition coefficient (Wildman–Crippen LogP) is 6.44. The molecule has 1 saturated heterocycles. The van der Waals surface area contributed by atoms with Gasteiger partial charge in [-0.15, -0.1) is 11.3 Å². The monoisotopic (exact) mass is 582 g/mol. The lowest BCUT2D eigenvalue weighted by atomic mass is 9.95. The number of piperidine rings is 1. The van der Waals surface area contributed by atoms with Crippen molar-refractivity contribution >= 4 is 28.6 Å². The second-order valence-electron chi connectivity index (χ2n) is 10.1. The normalized spacial score (nSPS) is 15.7. The fraction of sp³-hybridized carbons (Fsp3) is 0.310. The molecule has 214 valence electrons. The first-order valence-electron chi connectivity index (χ1n) is 13.1. The molecule has 5 rings (SSSR count). The van der Waals surface area contributed by atoms with Gasteiger partial charge in [-0.25, -0.2) is 4.98 Å². The zero-order valence-electron chi connectivity index (χ0n) is 22.6. The minimum absolute atomic E-state index is 0.0494. The molecule has 12 heteroatoms. The van der Waals surface area contributed by atoms with E-state index in [0.717, 1.165) is 19.4 Å². The molecule has 1 atom stereocenters. The van der Waals surface area contributed by atoms with Crippen molar-refractivity contribution < 1.29 is 22.7 Å². The van der Waals surface area contributed by atoms with Crippen LogP contribution in [-0.4, -0.2) is 59.7 Å². The van der Waals surface area contributed by atoms with Gasteiger partial charge in [0, 0.05) is 30.6 Å². The summed E-state index contributed by atoms with van der Waals surface area (Å²) in [6.45, 7) is 1.57. The van der Waals surface area contributed by atoms with Crippen LogP contribution < -0.4 is 15.0 Å². The largest absolute Gasteiger partial charge is 0.457 e. The first-order valence-corrected chi connectivity index (χ1v) is 14.0. The highest BCUT2D eigenvalue weighted by Crippen LogP contribution is 2.48. The van der Waals surface area contributed by atoms with E-state index in [1.807, 2.05) is 19.0 Å². The van der Waals surface area contributed by atoms with Gasteiger partial charge in [-0.1, -0.05) is 18.2 Å². The number of carbonyl (C=O) groups excluding carboxylic acids is 1. The lowest BCUT2D eigenvalue weighted by Crippen LogP contribution is -2.40. The maximum Gasteiger partial charge on any atom is 0.422 e. The Bertz CT molecular complexity index is 1480. The number of amides is 1. The molecule has 1 aliphatic rings. The van der Waals surface area contributed by atoms with E-state index in [0.29, 0.717) is 23.7 Å². The molecule has 1 aliphatic heterocycles. The van der Waals surface area contributed by atoms with Crippen LogP contribution in [0, 0.1) is 5.92 Å². The van der Waals surface area contributed by atoms with Gasteiger partial charge in [0.05, 0.1) is 23.8 Å². The molecular weight excluding hydrogens is 553 g/mol. The first-order chi connectivity index (χ1) is 19.7. The summed E-state index contributed by atoms with van der Waals surface area (Å²) in [6.07, 6.45) is -0.0779. The maximum absolute atomic E-state index is 14.9. The number of nitrogens with zero attached hydrogens (tertiary/aromatic N) is 5. The Balaban J connectivity index is 1.54. The highest BCUT2D eigenvalue weighted by Gasteiger charge is 2.41. The number of carbonyl (C=O) groups is 1. The molecule has 1 fully saturated rings. The molecule has 0 radical (unpaired) electrons. The molecule has 1 amide bonds. The van der Waals surface area contributed by atoms with Gasteiger partial charge in [0.2, 0.25) is 0 Å². The van der Waals surface area contributed by atoms with Gasteiger partial charge in [0.15, 0.2) is 0 Å². The first kappa shape index (κ1) is 28.5. The van der Waals surface area contributed by atoms with Crippen LogP contribution in [0.5, 0.6) is 11.5 Å². The van der Waals surface area contributed by atoms with E-state index in [-0.39, 0.29) is 34.5 Å². The number of para-hydroxylation sites is 1. The lowest BCUT2D eigenvalue weighted by Gasteiger charge is -2.38. The molecule has 41 heavy (non-hydrogen) atoms. The van der Waals surface area contributed by atoms with Crippen molar-refractivity contribution in [2.75, 3.05) is 43.9 Å². The molecule has 3 heterocycles. The maximum atomic E-state index is 14.9. The Labute approximate surface area is 239 Å². The summed E-state index contributed by atoms with van der Waals surface area (Å²) in [7, 11) is 3.90. The molecule has 4 aromatic rings. The Kier molecular flexibility index (Phi) is 8.50. The summed E-state index contributed by atoms with van der Waals surface area (Å²) < 4.78 is 50.3. The predicted molar refractivity (Wildman–Crippen MR) is 153 cm³/mol. The van der Waals surface area contributed by atoms with Crippen molar-refractivity contribution in [3.05, 3.63) is 77.6 Å². The number of rotatable bonds is 8. The average Bonchev–Trinajstić information content (AvgIpc) is 3.45. The number of hydrogen-bond donors (Lipinski definition) is 1. The summed E-state index contributed by atoms with van der Waals surface area (Å²) >= 11 is 1.24. The fourth-order valence-corrected chi connectivity index (χ4v) is 5.82. The molecule has 0 spiro atoms. The molecule has 1 N–H and O–H groups in total. The van der Waals surface area contributed by atoms with Gasteiger partial charge in [0.1, 0.15) is 27.8 Å². The summed E-state index contributed by atoms with van der Waals surface area (Å²) in [5.74, 6) is -0.488. The zero-order chi connectivity index (χ0) is 29.0. The van der Waals surface area contributed by atoms with Gasteiger partial charge in [-0.2, -0.15) is 23.4 Å². The fourth-order valence-electron chi connectivity index (χ4n) is 5.02. The third-order valence-corrected chi connectivity index (χ3v) is 7.56. The van der Waals surface area contributed by atoms with E-state index in [1.54, 1.807) is 46.7 Å². The Hall–Kier alpha value is -4.03. The highest BCUT2D eigenvalue weighted by atomic mass is 32.1. The molecule has 8 nitrogen and oxygen atoms in total. The molecule has 0 aliphatic carbocycles. The van der Waals surface area contributed by atoms with E-state index in [1.165, 1.54) is 35.9 Å². The topological polar surface area (TPSA) is 83.5 Å². The SMILES string of the molecule is CN(C)C[C@H]1CCCN(c2c(NC(=O)c3csc(-c4ccnnc4)n3)ccc(Oc3ccccc3)c2C(F)(F)F)C1. The third-order valence-electron chi connectivity index (χ3n) is 6.67. The van der Waals surface area contributed by atoms with Crippen molar-refractivity contribution in [3.63, 3.8) is 0 Å². The molecule has 2 aromatic carbocycles. The summed E-state index contributed by atoms with van der Waals surface area (Å²) in [5, 5.41) is 12.4. The molecule has 2 aromatic heterocycles. The van der Waals surface area contributed by atoms with E-state index < -0.39 is 17.6 Å². The van der Waals surface area contributed by atoms with Crippen LogP contribution in [0.4, 0.5) is 24.5 Å². The van der Waals surface area contributed by atoms with Gasteiger partial charge in [-0.05, 0) is 63.2 Å². The molecule has 0 unspecified atom stereocenters. The number of nitrogens with one attached hydrogen (secondary N) is 1. The molecular formula is C29H29F3N6O2S. The van der Waals surface area contributed by atoms with Crippen molar-refractivity contribution in [1.82, 2.24) is 20.1 Å². The van der Waals surface area contributed by atoms with E-state index in [2.05, 4.69) is 20.5 Å². The highest BCUT2D eigenvalue weighted by molar-refractivity contribution is 7.13. The Morgan fingerprint density at radius 2 is 1.95 bits per heavy atom. The number of hydrogen-bond acceptors (Lipinski definition) is 8. The minimum Gasteiger partial charge on any atom is -0.457 e. The summed E-state index contributed by atoms with van der Waals surface area (Å²) in [4.78, 5) is 21.5. The summed E-state index contributed by atoms with van der Waals surface area (Å²) in [6, 6.07) is 12.8. The van der Waals surface area contributed by atoms with Crippen molar-refractivity contribution in [2.24, 2.45) is 5.92 Å². The Morgan fingerprint density at radius 1 is 1.15 bits per heavy atom. The van der Waals surface area contributed by atoms with Gasteiger partial charge in [0.25, 0.3) is 5.91 Å². The van der Waals surface area contributed by atoms with Gasteiger partial charge in [-0.3, -0.25) is 4.79 Å². The number of aromatic nitrogens is 3. The van der Waals surface area contributed by atoms with Crippen molar-refractivity contribution in [1.29, 1.82) is 0 Å². The van der Waals surface area contributed by atoms with E-state index in [9.17, 15) is 18.0 Å². The quantitative estimate of drug-likeness (QED) is 0.256. The number of thiazole rings is 1. The third kappa shape index (κ3) is 6.83. The number of ether oxygens (including phenoxy) is 1. The number of benzene rings is 2. The van der Waals surface area contributed by atoms with Crippen LogP contribution in [0.1, 0.15) is 28.9 Å². The van der Waals surface area contributed by atoms with Crippen LogP contribution in [0.15, 0.2) is 66.3 Å². The Morgan fingerprint density at radius 3 is 2.66 bits per heavy atom. The zero-order valence-corrected chi connectivity index (χ0v) is 23.4. The minimum atomic E-state index is -4.75. The second-order valence-corrected chi connectivity index (χ2v) is 10.9. The van der Waals surface area contributed by atoms with Crippen molar-refractivity contribution in [3.8, 4) is 22.1 Å². The van der Waals surface area contributed by atoms with Crippen LogP contribution >= 0.6 is 11.3 Å². The smallest absolute Gasteiger partial charge is 0.422 e. The second kappa shape index (κ2) is 12.2. The van der Waals surface area contributed by atoms with Gasteiger partial charge >= 0.3 is 6.18 Å². The lowest BCUT2D eigenvalue weighted by molar-refractivity contribution is -0.138. The molecule has 0 saturated carbocycles. The van der Waals surface area contributed by atoms with Crippen LogP contribution in [0.3, 0.4) is 0 Å². The van der Waals surface area contributed by atoms with Crippen LogP contribution in [0.25, 0.3) is 10.6 Å². The average molecular weight is 583 g/mol. The van der Waals surface area contributed by atoms with Gasteiger partial charge < -0.3 is 19.9 Å². The van der Waals surface area contributed by atoms with Crippen molar-refractivity contribution in [2.45, 2.75) is 19.0 Å². The standard InChI is InChI=1S/C29H29F3N6O2S/c1-37(2)16-19-7-6-14-38(17-19)26-22(35-27(39)23-18-41-28(36-23)20-12-13-33-34-15-20)10-11-24(25(26)29(30,31)32)40-21-8-4-3-5-9-21/h3-5,8-13,15,18-19H,6-7,14,16-17H2,1-2H3,(H,35,39)/t19-/m1/s1. The van der Waals surface area contributed by atoms with Crippen LogP contribution in [-0.2, 0) is 6.18 Å². The molecule has 0 bridgehead atoms. The number of halogens is 3. The van der Waals surface area contributed by atoms with E-state index >= 15 is 0 Å². The number of anilines is 2.